The molecule has 9 heavy (non-hydrogen) atoms. The molecule has 0 aromatic heterocycles. The first-order valence-electron chi connectivity index (χ1n) is 2.39. The van der Waals surface area contributed by atoms with Crippen LogP contribution in [-0.4, -0.2) is 33.8 Å². The van der Waals surface area contributed by atoms with Gasteiger partial charge in [0.2, 0.25) is 0 Å². The Morgan fingerprint density at radius 1 is 1.78 bits per heavy atom. The SMILES string of the molecule is [CH]C(SCCO)C(=O)O. The molecular weight excluding hydrogens is 140 g/mol. The standard InChI is InChI=1S/C5H8O3S/c1-4(5(7)8)9-3-2-6/h1,4,6H,2-3H2,(H,7,8). The van der Waals surface area contributed by atoms with Crippen LogP contribution in [0.4, 0.5) is 0 Å². The maximum Gasteiger partial charge on any atom is 0.316 e. The van der Waals surface area contributed by atoms with Crippen molar-refractivity contribution in [3.63, 3.8) is 0 Å². The zero-order valence-electron chi connectivity index (χ0n) is 4.78. The van der Waals surface area contributed by atoms with Gasteiger partial charge >= 0.3 is 5.97 Å². The molecule has 0 aromatic rings. The quantitative estimate of drug-likeness (QED) is 0.583. The zero-order valence-corrected chi connectivity index (χ0v) is 5.60. The first kappa shape index (κ1) is 8.78. The molecular formula is C5H8O3S. The van der Waals surface area contributed by atoms with Crippen molar-refractivity contribution in [2.45, 2.75) is 5.25 Å². The van der Waals surface area contributed by atoms with Crippen molar-refractivity contribution >= 4 is 17.7 Å². The molecule has 0 heterocycles. The van der Waals surface area contributed by atoms with Crippen LogP contribution in [-0.2, 0) is 4.79 Å². The van der Waals surface area contributed by atoms with E-state index in [1.54, 1.807) is 0 Å². The fourth-order valence-corrected chi connectivity index (χ4v) is 0.753. The third kappa shape index (κ3) is 4.29. The molecule has 1 atom stereocenters. The average Bonchev–Trinajstić information content (AvgIpc) is 1.82. The van der Waals surface area contributed by atoms with Crippen LogP contribution >= 0.6 is 11.8 Å². The van der Waals surface area contributed by atoms with E-state index in [0.29, 0.717) is 5.75 Å². The number of carboxylic acids is 1. The summed E-state index contributed by atoms with van der Waals surface area (Å²) in [4.78, 5) is 9.98. The first-order chi connectivity index (χ1) is 4.18. The molecule has 2 radical (unpaired) electrons. The lowest BCUT2D eigenvalue weighted by Gasteiger charge is -2.01. The normalized spacial score (nSPS) is 13.1. The Labute approximate surface area is 58.1 Å². The Morgan fingerprint density at radius 2 is 2.33 bits per heavy atom. The van der Waals surface area contributed by atoms with E-state index in [9.17, 15) is 4.79 Å². The van der Waals surface area contributed by atoms with Crippen LogP contribution in [0.15, 0.2) is 0 Å². The molecule has 0 spiro atoms. The van der Waals surface area contributed by atoms with Gasteiger partial charge in [-0.1, -0.05) is 0 Å². The Balaban J connectivity index is 3.27. The lowest BCUT2D eigenvalue weighted by Crippen LogP contribution is -2.13. The number of thioether (sulfide) groups is 1. The lowest BCUT2D eigenvalue weighted by molar-refractivity contribution is -0.135. The van der Waals surface area contributed by atoms with Gasteiger partial charge in [0, 0.05) is 5.75 Å². The van der Waals surface area contributed by atoms with Crippen molar-refractivity contribution in [3.8, 4) is 0 Å². The van der Waals surface area contributed by atoms with E-state index < -0.39 is 11.2 Å². The summed E-state index contributed by atoms with van der Waals surface area (Å²) in [6, 6.07) is 0. The number of carboxylic acid groups (broad SMARTS) is 1. The maximum absolute atomic E-state index is 9.98. The van der Waals surface area contributed by atoms with Crippen LogP contribution in [0.3, 0.4) is 0 Å². The molecule has 0 aromatic carbocycles. The average molecular weight is 148 g/mol. The summed E-state index contributed by atoms with van der Waals surface area (Å²) in [5, 5.41) is 15.5. The number of rotatable bonds is 4. The second-order valence-corrected chi connectivity index (χ2v) is 2.60. The van der Waals surface area contributed by atoms with Gasteiger partial charge in [-0.25, -0.2) is 0 Å². The number of hydrogen-bond acceptors (Lipinski definition) is 3. The molecule has 0 saturated heterocycles. The number of hydrogen-bond donors (Lipinski definition) is 2. The van der Waals surface area contributed by atoms with E-state index in [0.717, 1.165) is 11.8 Å². The molecule has 52 valence electrons. The monoisotopic (exact) mass is 148 g/mol. The summed E-state index contributed by atoms with van der Waals surface area (Å²) in [5.41, 5.74) is 0. The minimum atomic E-state index is -1.05. The highest BCUT2D eigenvalue weighted by Crippen LogP contribution is 2.07. The molecule has 0 aliphatic rings. The van der Waals surface area contributed by atoms with Gasteiger partial charge in [0.25, 0.3) is 0 Å². The minimum absolute atomic E-state index is 0.0361. The molecule has 0 aliphatic carbocycles. The van der Waals surface area contributed by atoms with E-state index in [1.165, 1.54) is 0 Å². The van der Waals surface area contributed by atoms with Gasteiger partial charge in [-0.3, -0.25) is 4.79 Å². The zero-order chi connectivity index (χ0) is 7.28. The minimum Gasteiger partial charge on any atom is -0.480 e. The molecule has 0 rings (SSSR count). The molecule has 0 fully saturated rings. The van der Waals surface area contributed by atoms with E-state index in [1.807, 2.05) is 0 Å². The van der Waals surface area contributed by atoms with Gasteiger partial charge in [-0.2, -0.15) is 0 Å². The molecule has 0 saturated carbocycles. The van der Waals surface area contributed by atoms with Crippen molar-refractivity contribution < 1.29 is 15.0 Å². The van der Waals surface area contributed by atoms with Gasteiger partial charge in [0.1, 0.15) is 5.25 Å². The molecule has 0 aliphatic heterocycles. The fourth-order valence-electron chi connectivity index (χ4n) is 0.251. The summed E-state index contributed by atoms with van der Waals surface area (Å²) in [5.74, 6) is -0.679. The van der Waals surface area contributed by atoms with Gasteiger partial charge in [-0.05, 0) is 6.92 Å². The van der Waals surface area contributed by atoms with Crippen LogP contribution < -0.4 is 0 Å². The molecule has 4 heteroatoms. The topological polar surface area (TPSA) is 57.5 Å². The smallest absolute Gasteiger partial charge is 0.316 e. The van der Waals surface area contributed by atoms with E-state index in [4.69, 9.17) is 17.1 Å². The van der Waals surface area contributed by atoms with Crippen LogP contribution in [0.25, 0.3) is 0 Å². The Hall–Kier alpha value is -0.220. The van der Waals surface area contributed by atoms with Crippen molar-refractivity contribution in [3.05, 3.63) is 6.92 Å². The van der Waals surface area contributed by atoms with E-state index in [-0.39, 0.29) is 6.61 Å². The summed E-state index contributed by atoms with van der Waals surface area (Å²) in [7, 11) is 0. The number of aliphatic hydroxyl groups is 1. The van der Waals surface area contributed by atoms with Gasteiger partial charge in [0.05, 0.1) is 6.61 Å². The Morgan fingerprint density at radius 3 is 2.67 bits per heavy atom. The second kappa shape index (κ2) is 4.64. The van der Waals surface area contributed by atoms with Gasteiger partial charge in [-0.15, -0.1) is 11.8 Å². The summed E-state index contributed by atoms with van der Waals surface area (Å²) >= 11 is 1.01. The Kier molecular flexibility index (Phi) is 4.53. The van der Waals surface area contributed by atoms with Gasteiger partial charge in [0.15, 0.2) is 0 Å². The fraction of sp³-hybridized carbons (Fsp3) is 0.600. The largest absolute Gasteiger partial charge is 0.480 e. The summed E-state index contributed by atoms with van der Waals surface area (Å²) in [6.07, 6.45) is 0. The number of aliphatic hydroxyl groups excluding tert-OH is 1. The molecule has 0 amide bonds. The second-order valence-electron chi connectivity index (χ2n) is 1.35. The predicted octanol–water partition coefficient (Wildman–Crippen LogP) is -0.124. The van der Waals surface area contributed by atoms with E-state index >= 15 is 0 Å². The molecule has 3 nitrogen and oxygen atoms in total. The van der Waals surface area contributed by atoms with Crippen LogP contribution in [0, 0.1) is 6.92 Å². The van der Waals surface area contributed by atoms with Crippen LogP contribution in [0.5, 0.6) is 0 Å². The third-order valence-electron chi connectivity index (χ3n) is 0.632. The molecule has 1 unspecified atom stereocenters. The molecule has 2 N–H and O–H groups in total. The van der Waals surface area contributed by atoms with Crippen LogP contribution in [0.2, 0.25) is 0 Å². The van der Waals surface area contributed by atoms with Crippen molar-refractivity contribution in [2.75, 3.05) is 12.4 Å². The predicted molar refractivity (Wildman–Crippen MR) is 35.3 cm³/mol. The van der Waals surface area contributed by atoms with E-state index in [2.05, 4.69) is 0 Å². The molecule has 0 bridgehead atoms. The highest BCUT2D eigenvalue weighted by molar-refractivity contribution is 8.00. The third-order valence-corrected chi connectivity index (χ3v) is 1.61. The Bertz CT molecular complexity index is 94.2. The summed E-state index contributed by atoms with van der Waals surface area (Å²) < 4.78 is 0. The lowest BCUT2D eigenvalue weighted by atomic mass is 10.5. The van der Waals surface area contributed by atoms with Crippen molar-refractivity contribution in [1.29, 1.82) is 0 Å². The number of aliphatic carboxylic acids is 1. The highest BCUT2D eigenvalue weighted by atomic mass is 32.2. The maximum atomic E-state index is 9.98. The highest BCUT2D eigenvalue weighted by Gasteiger charge is 2.09. The van der Waals surface area contributed by atoms with Gasteiger partial charge < -0.3 is 10.2 Å². The van der Waals surface area contributed by atoms with Crippen molar-refractivity contribution in [1.82, 2.24) is 0 Å². The van der Waals surface area contributed by atoms with Crippen LogP contribution in [0.1, 0.15) is 0 Å². The summed E-state index contributed by atoms with van der Waals surface area (Å²) in [6.45, 7) is 5.02. The van der Waals surface area contributed by atoms with Crippen molar-refractivity contribution in [2.24, 2.45) is 0 Å². The number of carbonyl (C=O) groups is 1. The first-order valence-corrected chi connectivity index (χ1v) is 3.44.